The van der Waals surface area contributed by atoms with E-state index in [-0.39, 0.29) is 5.56 Å². The van der Waals surface area contributed by atoms with Crippen LogP contribution in [0.15, 0.2) is 56.5 Å². The zero-order valence-corrected chi connectivity index (χ0v) is 14.5. The van der Waals surface area contributed by atoms with Crippen LogP contribution in [0.4, 0.5) is 0 Å². The summed E-state index contributed by atoms with van der Waals surface area (Å²) in [5, 5.41) is 0.603. The van der Waals surface area contributed by atoms with Crippen LogP contribution in [0.1, 0.15) is 11.1 Å². The van der Waals surface area contributed by atoms with Gasteiger partial charge in [-0.25, -0.2) is 4.98 Å². The van der Waals surface area contributed by atoms with Gasteiger partial charge in [0, 0.05) is 8.95 Å². The molecule has 5 heteroatoms. The molecule has 0 fully saturated rings. The number of benzene rings is 2. The van der Waals surface area contributed by atoms with Crippen molar-refractivity contribution in [1.82, 2.24) is 9.55 Å². The van der Waals surface area contributed by atoms with Crippen molar-refractivity contribution in [3.8, 4) is 0 Å². The Bertz CT molecular complexity index is 887. The molecule has 0 saturated carbocycles. The van der Waals surface area contributed by atoms with Crippen LogP contribution >= 0.6 is 31.9 Å². The van der Waals surface area contributed by atoms with Crippen LogP contribution in [0.3, 0.4) is 0 Å². The fourth-order valence-electron chi connectivity index (χ4n) is 2.31. The van der Waals surface area contributed by atoms with Crippen LogP contribution in [-0.2, 0) is 6.54 Å². The molecule has 106 valence electrons. The van der Waals surface area contributed by atoms with Crippen molar-refractivity contribution in [2.75, 3.05) is 0 Å². The summed E-state index contributed by atoms with van der Waals surface area (Å²) in [7, 11) is 0. The quantitative estimate of drug-likeness (QED) is 0.635. The highest BCUT2D eigenvalue weighted by molar-refractivity contribution is 9.11. The smallest absolute Gasteiger partial charge is 0.261 e. The Kier molecular flexibility index (Phi) is 3.95. The summed E-state index contributed by atoms with van der Waals surface area (Å²) in [6.45, 7) is 2.56. The number of nitrogens with zero attached hydrogens (tertiary/aromatic N) is 2. The molecule has 3 rings (SSSR count). The van der Waals surface area contributed by atoms with Gasteiger partial charge in [0.2, 0.25) is 0 Å². The zero-order chi connectivity index (χ0) is 15.0. The molecule has 0 amide bonds. The Balaban J connectivity index is 2.12. The number of hydrogen-bond acceptors (Lipinski definition) is 2. The number of aromatic nitrogens is 2. The molecular weight excluding hydrogens is 396 g/mol. The maximum atomic E-state index is 12.6. The van der Waals surface area contributed by atoms with Gasteiger partial charge in [0.25, 0.3) is 5.56 Å². The van der Waals surface area contributed by atoms with E-state index >= 15 is 0 Å². The molecule has 1 heterocycles. The van der Waals surface area contributed by atoms with Crippen LogP contribution in [0.5, 0.6) is 0 Å². The van der Waals surface area contributed by atoms with Gasteiger partial charge in [-0.1, -0.05) is 45.8 Å². The van der Waals surface area contributed by atoms with Gasteiger partial charge in [-0.05, 0) is 40.5 Å². The van der Waals surface area contributed by atoms with E-state index in [4.69, 9.17) is 0 Å². The summed E-state index contributed by atoms with van der Waals surface area (Å²) < 4.78 is 3.30. The first-order chi connectivity index (χ1) is 10.0. The van der Waals surface area contributed by atoms with Crippen molar-refractivity contribution >= 4 is 42.8 Å². The second-order valence-electron chi connectivity index (χ2n) is 4.95. The molecular formula is C16H12Br2N2O. The highest BCUT2D eigenvalue weighted by Gasteiger charge is 2.09. The van der Waals surface area contributed by atoms with Gasteiger partial charge in [-0.3, -0.25) is 9.36 Å². The van der Waals surface area contributed by atoms with Crippen LogP contribution in [0, 0.1) is 6.92 Å². The monoisotopic (exact) mass is 406 g/mol. The molecule has 0 N–H and O–H groups in total. The Morgan fingerprint density at radius 2 is 2.00 bits per heavy atom. The first kappa shape index (κ1) is 14.5. The van der Waals surface area contributed by atoms with E-state index in [1.165, 1.54) is 5.56 Å². The normalized spacial score (nSPS) is 11.0. The van der Waals surface area contributed by atoms with Crippen LogP contribution < -0.4 is 5.56 Å². The fourth-order valence-corrected chi connectivity index (χ4v) is 3.64. The summed E-state index contributed by atoms with van der Waals surface area (Å²) >= 11 is 6.85. The lowest BCUT2D eigenvalue weighted by Gasteiger charge is -2.08. The maximum Gasteiger partial charge on any atom is 0.261 e. The lowest BCUT2D eigenvalue weighted by Crippen LogP contribution is -2.21. The van der Waals surface area contributed by atoms with E-state index in [1.807, 2.05) is 37.3 Å². The molecule has 0 aliphatic carbocycles. The van der Waals surface area contributed by atoms with Crippen LogP contribution in [-0.4, -0.2) is 9.55 Å². The molecule has 0 atom stereocenters. The highest BCUT2D eigenvalue weighted by atomic mass is 79.9. The van der Waals surface area contributed by atoms with Gasteiger partial charge in [-0.2, -0.15) is 0 Å². The van der Waals surface area contributed by atoms with Gasteiger partial charge in [0.15, 0.2) is 0 Å². The number of fused-ring (bicyclic) bond motifs is 1. The summed E-state index contributed by atoms with van der Waals surface area (Å²) in [5.41, 5.74) is 2.92. The SMILES string of the molecule is Cc1cccc(Cn2cnc3c(Br)cc(Br)cc3c2=O)c1. The number of halogens is 2. The first-order valence-corrected chi connectivity index (χ1v) is 8.03. The molecule has 0 bridgehead atoms. The minimum Gasteiger partial charge on any atom is -0.294 e. The molecule has 0 unspecified atom stereocenters. The predicted octanol–water partition coefficient (Wildman–Crippen LogP) is 4.28. The average Bonchev–Trinajstić information content (AvgIpc) is 2.42. The largest absolute Gasteiger partial charge is 0.294 e. The Morgan fingerprint density at radius 3 is 2.76 bits per heavy atom. The van der Waals surface area contributed by atoms with E-state index < -0.39 is 0 Å². The molecule has 0 saturated heterocycles. The zero-order valence-electron chi connectivity index (χ0n) is 11.3. The van der Waals surface area contributed by atoms with Gasteiger partial charge in [-0.15, -0.1) is 0 Å². The van der Waals surface area contributed by atoms with Gasteiger partial charge in [0.05, 0.1) is 23.8 Å². The maximum absolute atomic E-state index is 12.6. The molecule has 3 aromatic rings. The van der Waals surface area contributed by atoms with Crippen LogP contribution in [0.2, 0.25) is 0 Å². The second kappa shape index (κ2) is 5.73. The molecule has 0 aliphatic rings. The van der Waals surface area contributed by atoms with E-state index in [2.05, 4.69) is 42.9 Å². The molecule has 21 heavy (non-hydrogen) atoms. The number of aryl methyl sites for hydroxylation is 1. The molecule has 1 aromatic heterocycles. The van der Waals surface area contributed by atoms with Crippen molar-refractivity contribution in [3.05, 3.63) is 73.2 Å². The summed E-state index contributed by atoms with van der Waals surface area (Å²) in [4.78, 5) is 17.0. The van der Waals surface area contributed by atoms with E-state index in [1.54, 1.807) is 10.9 Å². The third-order valence-electron chi connectivity index (χ3n) is 3.28. The molecule has 0 aliphatic heterocycles. The minimum absolute atomic E-state index is 0.0384. The van der Waals surface area contributed by atoms with E-state index in [9.17, 15) is 4.79 Å². The first-order valence-electron chi connectivity index (χ1n) is 6.44. The predicted molar refractivity (Wildman–Crippen MR) is 91.7 cm³/mol. The third kappa shape index (κ3) is 2.94. The van der Waals surface area contributed by atoms with Crippen molar-refractivity contribution in [3.63, 3.8) is 0 Å². The Morgan fingerprint density at radius 1 is 1.19 bits per heavy atom. The van der Waals surface area contributed by atoms with Crippen molar-refractivity contribution in [1.29, 1.82) is 0 Å². The lowest BCUT2D eigenvalue weighted by molar-refractivity contribution is 0.747. The minimum atomic E-state index is -0.0384. The fraction of sp³-hybridized carbons (Fsp3) is 0.125. The molecule has 0 spiro atoms. The van der Waals surface area contributed by atoms with Crippen LogP contribution in [0.25, 0.3) is 10.9 Å². The standard InChI is InChI=1S/C16H12Br2N2O/c1-10-3-2-4-11(5-10)8-20-9-19-15-13(16(20)21)6-12(17)7-14(15)18/h2-7,9H,8H2,1H3. The Hall–Kier alpha value is -1.46. The molecule has 2 aromatic carbocycles. The summed E-state index contributed by atoms with van der Waals surface area (Å²) in [6, 6.07) is 11.8. The Labute approximate surface area is 138 Å². The lowest BCUT2D eigenvalue weighted by atomic mass is 10.1. The van der Waals surface area contributed by atoms with Gasteiger partial charge >= 0.3 is 0 Å². The average molecular weight is 408 g/mol. The third-order valence-corrected chi connectivity index (χ3v) is 4.34. The van der Waals surface area contributed by atoms with Gasteiger partial charge < -0.3 is 0 Å². The highest BCUT2D eigenvalue weighted by Crippen LogP contribution is 2.24. The summed E-state index contributed by atoms with van der Waals surface area (Å²) in [6.07, 6.45) is 1.60. The second-order valence-corrected chi connectivity index (χ2v) is 6.72. The number of rotatable bonds is 2. The molecule has 0 radical (unpaired) electrons. The van der Waals surface area contributed by atoms with E-state index in [0.717, 1.165) is 14.5 Å². The topological polar surface area (TPSA) is 34.9 Å². The van der Waals surface area contributed by atoms with Gasteiger partial charge in [0.1, 0.15) is 0 Å². The van der Waals surface area contributed by atoms with E-state index in [0.29, 0.717) is 17.4 Å². The van der Waals surface area contributed by atoms with Crippen molar-refractivity contribution in [2.24, 2.45) is 0 Å². The van der Waals surface area contributed by atoms with Crippen molar-refractivity contribution < 1.29 is 0 Å². The summed E-state index contributed by atoms with van der Waals surface area (Å²) in [5.74, 6) is 0. The number of hydrogen-bond donors (Lipinski definition) is 0. The van der Waals surface area contributed by atoms with Crippen molar-refractivity contribution in [2.45, 2.75) is 13.5 Å². The molecule has 3 nitrogen and oxygen atoms in total.